The molecule has 1 saturated heterocycles. The summed E-state index contributed by atoms with van der Waals surface area (Å²) in [4.78, 5) is 23.4. The van der Waals surface area contributed by atoms with Crippen molar-refractivity contribution in [2.24, 2.45) is 0 Å². The zero-order valence-corrected chi connectivity index (χ0v) is 18.1. The molecule has 1 fully saturated rings. The van der Waals surface area contributed by atoms with Gasteiger partial charge in [-0.15, -0.1) is 0 Å². The van der Waals surface area contributed by atoms with Crippen LogP contribution in [0.4, 0.5) is 5.82 Å². The molecule has 0 spiro atoms. The third-order valence-corrected chi connectivity index (χ3v) is 5.81. The van der Waals surface area contributed by atoms with E-state index in [-0.39, 0.29) is 18.1 Å². The second kappa shape index (κ2) is 9.20. The molecule has 1 aromatic carbocycles. The van der Waals surface area contributed by atoms with Crippen LogP contribution >= 0.6 is 0 Å². The van der Waals surface area contributed by atoms with E-state index < -0.39 is 0 Å². The topological polar surface area (TPSA) is 121 Å². The van der Waals surface area contributed by atoms with Crippen LogP contribution in [0, 0.1) is 18.3 Å². The Kier molecular flexibility index (Phi) is 6.19. The van der Waals surface area contributed by atoms with Gasteiger partial charge in [-0.1, -0.05) is 29.8 Å². The fraction of sp³-hybridized carbons (Fsp3) is 0.333. The summed E-state index contributed by atoms with van der Waals surface area (Å²) in [7, 11) is 0. The van der Waals surface area contributed by atoms with Crippen molar-refractivity contribution in [3.63, 3.8) is 0 Å². The summed E-state index contributed by atoms with van der Waals surface area (Å²) in [5, 5.41) is 20.0. The lowest BCUT2D eigenvalue weighted by atomic mass is 10.00. The van der Waals surface area contributed by atoms with Gasteiger partial charge in [-0.05, 0) is 37.8 Å². The predicted octanol–water partition coefficient (Wildman–Crippen LogP) is 2.90. The molecule has 164 valence electrons. The number of anilines is 1. The second-order valence-electron chi connectivity index (χ2n) is 7.98. The number of nitrogens with zero attached hydrogens (tertiary/aromatic N) is 5. The smallest absolute Gasteiger partial charge is 0.264 e. The van der Waals surface area contributed by atoms with Crippen LogP contribution in [-0.4, -0.2) is 50.1 Å². The number of hydrogen-bond acceptors (Lipinski definition) is 6. The number of nitrogen functional groups attached to an aromatic ring is 1. The molecule has 0 unspecified atom stereocenters. The summed E-state index contributed by atoms with van der Waals surface area (Å²) in [6, 6.07) is 10.1. The van der Waals surface area contributed by atoms with E-state index in [9.17, 15) is 15.2 Å². The summed E-state index contributed by atoms with van der Waals surface area (Å²) < 4.78 is 1.91. The Labute approximate surface area is 186 Å². The molecule has 0 saturated carbocycles. The maximum atomic E-state index is 13.0. The summed E-state index contributed by atoms with van der Waals surface area (Å²) >= 11 is 0. The molecule has 8 nitrogen and oxygen atoms in total. The molecule has 3 N–H and O–H groups in total. The van der Waals surface area contributed by atoms with E-state index in [4.69, 9.17) is 5.73 Å². The number of likely N-dealkylation sites (tertiary alicyclic amines) is 1. The fourth-order valence-corrected chi connectivity index (χ4v) is 4.20. The van der Waals surface area contributed by atoms with Gasteiger partial charge in [0.15, 0.2) is 0 Å². The second-order valence-corrected chi connectivity index (χ2v) is 7.98. The molecule has 1 aliphatic rings. The van der Waals surface area contributed by atoms with Crippen LogP contribution in [0.5, 0.6) is 0 Å². The molecule has 3 heterocycles. The average Bonchev–Trinajstić information content (AvgIpc) is 3.44. The maximum Gasteiger partial charge on any atom is 0.264 e. The van der Waals surface area contributed by atoms with Gasteiger partial charge in [0, 0.05) is 31.8 Å². The van der Waals surface area contributed by atoms with Gasteiger partial charge in [-0.3, -0.25) is 4.79 Å². The number of carbonyl (C=O) groups excluding carboxylic acids is 1. The number of aryl methyl sites for hydroxylation is 2. The molecular weight excluding hydrogens is 404 g/mol. The molecular formula is C24H26N6O2. The highest BCUT2D eigenvalue weighted by Gasteiger charge is 2.25. The molecule has 8 heteroatoms. The number of amides is 1. The molecule has 0 radical (unpaired) electrons. The molecule has 0 aliphatic carbocycles. The monoisotopic (exact) mass is 430 g/mol. The number of nitriles is 1. The normalized spacial score (nSPS) is 14.2. The van der Waals surface area contributed by atoms with Gasteiger partial charge in [-0.2, -0.15) is 5.26 Å². The standard InChI is InChI=1S/C24H26N6O2/c1-16-5-7-17(8-6-16)20-19(13-18(14-25)24(32)29-9-2-3-10-29)30(11-4-12-31)23-21(20)22(26)27-15-28-23/h5-8,13,15,31H,2-4,9-12H2,1H3,(H2,26,27,28). The summed E-state index contributed by atoms with van der Waals surface area (Å²) in [5.74, 6) is 0.0604. The molecule has 32 heavy (non-hydrogen) atoms. The maximum absolute atomic E-state index is 13.0. The number of benzene rings is 1. The van der Waals surface area contributed by atoms with Crippen LogP contribution in [0.15, 0.2) is 36.2 Å². The largest absolute Gasteiger partial charge is 0.396 e. The highest BCUT2D eigenvalue weighted by atomic mass is 16.3. The zero-order valence-electron chi connectivity index (χ0n) is 18.1. The Bertz CT molecular complexity index is 1210. The predicted molar refractivity (Wildman–Crippen MR) is 123 cm³/mol. The number of nitrogens with two attached hydrogens (primary N) is 1. The third-order valence-electron chi connectivity index (χ3n) is 5.81. The van der Waals surface area contributed by atoms with Gasteiger partial charge < -0.3 is 20.3 Å². The molecule has 1 aliphatic heterocycles. The number of fused-ring (bicyclic) bond motifs is 1. The Morgan fingerprint density at radius 2 is 1.97 bits per heavy atom. The number of carbonyl (C=O) groups is 1. The number of aliphatic hydroxyl groups is 1. The average molecular weight is 431 g/mol. The van der Waals surface area contributed by atoms with E-state index >= 15 is 0 Å². The summed E-state index contributed by atoms with van der Waals surface area (Å²) in [6.07, 6.45) is 5.42. The van der Waals surface area contributed by atoms with E-state index in [0.29, 0.717) is 48.6 Å². The van der Waals surface area contributed by atoms with Crippen molar-refractivity contribution in [3.8, 4) is 17.2 Å². The van der Waals surface area contributed by atoms with Crippen molar-refractivity contribution in [2.45, 2.75) is 32.7 Å². The minimum atomic E-state index is -0.266. The summed E-state index contributed by atoms with van der Waals surface area (Å²) in [5.41, 5.74) is 10.4. The van der Waals surface area contributed by atoms with Crippen molar-refractivity contribution in [3.05, 3.63) is 47.4 Å². The lowest BCUT2D eigenvalue weighted by Crippen LogP contribution is -2.28. The Balaban J connectivity index is 1.99. The van der Waals surface area contributed by atoms with E-state index in [2.05, 4.69) is 16.0 Å². The van der Waals surface area contributed by atoms with Gasteiger partial charge in [0.05, 0.1) is 11.1 Å². The lowest BCUT2D eigenvalue weighted by molar-refractivity contribution is -0.125. The van der Waals surface area contributed by atoms with Gasteiger partial charge in [0.1, 0.15) is 29.4 Å². The zero-order chi connectivity index (χ0) is 22.7. The van der Waals surface area contributed by atoms with Crippen LogP contribution in [0.1, 0.15) is 30.5 Å². The first-order chi connectivity index (χ1) is 15.5. The minimum Gasteiger partial charge on any atom is -0.396 e. The van der Waals surface area contributed by atoms with Crippen LogP contribution in [0.2, 0.25) is 0 Å². The van der Waals surface area contributed by atoms with Crippen molar-refractivity contribution < 1.29 is 9.90 Å². The number of hydrogen-bond donors (Lipinski definition) is 2. The Hall–Kier alpha value is -3.70. The molecule has 2 aromatic heterocycles. The first-order valence-corrected chi connectivity index (χ1v) is 10.8. The van der Waals surface area contributed by atoms with Gasteiger partial charge in [0.2, 0.25) is 0 Å². The van der Waals surface area contributed by atoms with Gasteiger partial charge in [0.25, 0.3) is 5.91 Å². The molecule has 1 amide bonds. The van der Waals surface area contributed by atoms with Crippen molar-refractivity contribution in [2.75, 3.05) is 25.4 Å². The van der Waals surface area contributed by atoms with E-state index in [1.54, 1.807) is 11.0 Å². The van der Waals surface area contributed by atoms with Crippen LogP contribution in [0.25, 0.3) is 28.2 Å². The Morgan fingerprint density at radius 1 is 1.25 bits per heavy atom. The molecule has 3 aromatic rings. The highest BCUT2D eigenvalue weighted by Crippen LogP contribution is 2.38. The van der Waals surface area contributed by atoms with Crippen LogP contribution in [0.3, 0.4) is 0 Å². The Morgan fingerprint density at radius 3 is 2.62 bits per heavy atom. The first-order valence-electron chi connectivity index (χ1n) is 10.8. The number of aromatic nitrogens is 3. The third kappa shape index (κ3) is 3.95. The van der Waals surface area contributed by atoms with Gasteiger partial charge in [-0.25, -0.2) is 9.97 Å². The van der Waals surface area contributed by atoms with E-state index in [0.717, 1.165) is 29.5 Å². The van der Waals surface area contributed by atoms with Crippen molar-refractivity contribution in [1.82, 2.24) is 19.4 Å². The first kappa shape index (κ1) is 21.5. The van der Waals surface area contributed by atoms with Crippen LogP contribution < -0.4 is 5.73 Å². The summed E-state index contributed by atoms with van der Waals surface area (Å²) in [6.45, 7) is 3.79. The highest BCUT2D eigenvalue weighted by molar-refractivity contribution is 6.08. The lowest BCUT2D eigenvalue weighted by Gasteiger charge is -2.15. The minimum absolute atomic E-state index is 0.00107. The van der Waals surface area contributed by atoms with Crippen molar-refractivity contribution in [1.29, 1.82) is 5.26 Å². The van der Waals surface area contributed by atoms with Gasteiger partial charge >= 0.3 is 0 Å². The SMILES string of the molecule is Cc1ccc(-c2c(C=C(C#N)C(=O)N3CCCC3)n(CCCO)c3ncnc(N)c23)cc1. The van der Waals surface area contributed by atoms with E-state index in [1.807, 2.05) is 35.8 Å². The number of aliphatic hydroxyl groups excluding tert-OH is 1. The fourth-order valence-electron chi connectivity index (χ4n) is 4.20. The van der Waals surface area contributed by atoms with Crippen molar-refractivity contribution >= 4 is 28.8 Å². The molecule has 0 bridgehead atoms. The molecule has 0 atom stereocenters. The number of rotatable bonds is 6. The quantitative estimate of drug-likeness (QED) is 0.458. The van der Waals surface area contributed by atoms with Crippen LogP contribution in [-0.2, 0) is 11.3 Å². The molecule has 4 rings (SSSR count). The van der Waals surface area contributed by atoms with E-state index in [1.165, 1.54) is 6.33 Å².